The molecule has 0 aliphatic heterocycles. The van der Waals surface area contributed by atoms with E-state index in [1.807, 2.05) is 20.8 Å². The molecular weight excluding hydrogens is 291 g/mol. The van der Waals surface area contributed by atoms with Gasteiger partial charge >= 0.3 is 41.6 Å². The van der Waals surface area contributed by atoms with E-state index in [1.165, 1.54) is 4.90 Å². The summed E-state index contributed by atoms with van der Waals surface area (Å²) in [6.45, 7) is 5.79. The maximum Gasteiger partial charge on any atom is 1.00 e. The van der Waals surface area contributed by atoms with Gasteiger partial charge in [-0.05, 0) is 0 Å². The molecule has 20 heavy (non-hydrogen) atoms. The van der Waals surface area contributed by atoms with Crippen molar-refractivity contribution in [3.8, 4) is 0 Å². The van der Waals surface area contributed by atoms with E-state index in [-0.39, 0.29) is 46.8 Å². The van der Waals surface area contributed by atoms with Crippen molar-refractivity contribution in [2.24, 2.45) is 0 Å². The van der Waals surface area contributed by atoms with Gasteiger partial charge in [0.15, 0.2) is 11.0 Å². The van der Waals surface area contributed by atoms with Crippen LogP contribution < -0.4 is 29.6 Å². The SMILES string of the molecule is CN(C)C(=O)n1nc(C(C)(C)C)nc1SCC(=O)O.[Na+]. The van der Waals surface area contributed by atoms with Crippen molar-refractivity contribution in [2.45, 2.75) is 31.3 Å². The van der Waals surface area contributed by atoms with Crippen LogP contribution in [-0.2, 0) is 10.2 Å². The van der Waals surface area contributed by atoms with Gasteiger partial charge in [-0.15, -0.1) is 5.10 Å². The predicted molar refractivity (Wildman–Crippen MR) is 71.6 cm³/mol. The van der Waals surface area contributed by atoms with Crippen LogP contribution in [0.2, 0.25) is 0 Å². The van der Waals surface area contributed by atoms with Crippen LogP contribution in [0.3, 0.4) is 0 Å². The van der Waals surface area contributed by atoms with E-state index < -0.39 is 5.97 Å². The van der Waals surface area contributed by atoms with Crippen LogP contribution in [0, 0.1) is 0 Å². The van der Waals surface area contributed by atoms with Crippen molar-refractivity contribution in [2.75, 3.05) is 19.8 Å². The molecule has 0 aliphatic rings. The fourth-order valence-electron chi connectivity index (χ4n) is 1.15. The van der Waals surface area contributed by atoms with Crippen LogP contribution in [0.1, 0.15) is 26.6 Å². The van der Waals surface area contributed by atoms with Gasteiger partial charge in [-0.1, -0.05) is 32.5 Å². The van der Waals surface area contributed by atoms with E-state index in [0.29, 0.717) is 11.0 Å². The number of nitrogens with zero attached hydrogens (tertiary/aromatic N) is 4. The first kappa shape index (κ1) is 19.4. The van der Waals surface area contributed by atoms with E-state index >= 15 is 0 Å². The molecule has 9 heteroatoms. The molecule has 0 fully saturated rings. The molecule has 1 aromatic heterocycles. The maximum atomic E-state index is 12.0. The van der Waals surface area contributed by atoms with E-state index in [0.717, 1.165) is 16.4 Å². The summed E-state index contributed by atoms with van der Waals surface area (Å²) in [7, 11) is 3.21. The Kier molecular flexibility index (Phi) is 7.23. The first-order chi connectivity index (χ1) is 8.62. The molecule has 0 aromatic carbocycles. The predicted octanol–water partition coefficient (Wildman–Crippen LogP) is -1.71. The number of carbonyl (C=O) groups is 2. The van der Waals surface area contributed by atoms with Gasteiger partial charge < -0.3 is 10.0 Å². The number of aromatic nitrogens is 3. The monoisotopic (exact) mass is 309 g/mol. The number of aliphatic carboxylic acids is 1. The number of thioether (sulfide) groups is 1. The summed E-state index contributed by atoms with van der Waals surface area (Å²) in [4.78, 5) is 28.2. The van der Waals surface area contributed by atoms with Gasteiger partial charge in [0.25, 0.3) is 0 Å². The zero-order valence-corrected chi connectivity index (χ0v) is 15.5. The molecule has 0 bridgehead atoms. The van der Waals surface area contributed by atoms with Crippen LogP contribution in [-0.4, -0.2) is 56.6 Å². The zero-order valence-electron chi connectivity index (χ0n) is 12.7. The summed E-state index contributed by atoms with van der Waals surface area (Å²) < 4.78 is 1.15. The molecule has 1 heterocycles. The van der Waals surface area contributed by atoms with Gasteiger partial charge in [-0.2, -0.15) is 4.68 Å². The first-order valence-electron chi connectivity index (χ1n) is 5.66. The summed E-state index contributed by atoms with van der Waals surface area (Å²) in [5.74, 6) is -0.618. The molecule has 7 nitrogen and oxygen atoms in total. The first-order valence-corrected chi connectivity index (χ1v) is 6.65. The smallest absolute Gasteiger partial charge is 0.481 e. The third kappa shape index (κ3) is 5.08. The molecule has 0 saturated carbocycles. The van der Waals surface area contributed by atoms with Gasteiger partial charge in [-0.3, -0.25) is 4.79 Å². The molecule has 1 aromatic rings. The second kappa shape index (κ2) is 7.44. The van der Waals surface area contributed by atoms with Crippen molar-refractivity contribution < 1.29 is 44.3 Å². The topological polar surface area (TPSA) is 88.3 Å². The molecule has 0 radical (unpaired) electrons. The molecule has 0 saturated heterocycles. The average molecular weight is 309 g/mol. The Morgan fingerprint density at radius 2 is 1.90 bits per heavy atom. The summed E-state index contributed by atoms with van der Waals surface area (Å²) in [6.07, 6.45) is 0. The van der Waals surface area contributed by atoms with Crippen LogP contribution in [0.5, 0.6) is 0 Å². The number of carboxylic acid groups (broad SMARTS) is 1. The van der Waals surface area contributed by atoms with Crippen LogP contribution >= 0.6 is 11.8 Å². The normalized spacial score (nSPS) is 10.8. The third-order valence-electron chi connectivity index (χ3n) is 2.14. The minimum Gasteiger partial charge on any atom is -0.481 e. The Hall–Kier alpha value is -0.570. The maximum absolute atomic E-state index is 12.0. The average Bonchev–Trinajstić information content (AvgIpc) is 2.68. The fraction of sp³-hybridized carbons (Fsp3) is 0.636. The number of carboxylic acids is 1. The number of carbonyl (C=O) groups excluding carboxylic acids is 1. The molecule has 1 rings (SSSR count). The molecular formula is C11H18N4NaO3S+. The second-order valence-corrected chi connectivity index (χ2v) is 6.18. The molecule has 1 N–H and O–H groups in total. The molecule has 0 unspecified atom stereocenters. The van der Waals surface area contributed by atoms with Crippen molar-refractivity contribution in [1.29, 1.82) is 0 Å². The molecule has 106 valence electrons. The van der Waals surface area contributed by atoms with E-state index in [2.05, 4.69) is 10.1 Å². The second-order valence-electron chi connectivity index (χ2n) is 5.24. The Bertz CT molecular complexity index is 496. The molecule has 0 atom stereocenters. The molecule has 0 spiro atoms. The Morgan fingerprint density at radius 1 is 1.35 bits per heavy atom. The van der Waals surface area contributed by atoms with E-state index in [9.17, 15) is 9.59 Å². The van der Waals surface area contributed by atoms with E-state index in [1.54, 1.807) is 14.1 Å². The Labute approximate surface area is 144 Å². The third-order valence-corrected chi connectivity index (χ3v) is 3.05. The number of hydrogen-bond acceptors (Lipinski definition) is 5. The Morgan fingerprint density at radius 3 is 2.30 bits per heavy atom. The largest absolute Gasteiger partial charge is 1.00 e. The van der Waals surface area contributed by atoms with Crippen LogP contribution in [0.4, 0.5) is 4.79 Å². The summed E-state index contributed by atoms with van der Waals surface area (Å²) in [5, 5.41) is 13.2. The van der Waals surface area contributed by atoms with Crippen LogP contribution in [0.25, 0.3) is 0 Å². The minimum absolute atomic E-state index is 0. The molecule has 0 aliphatic carbocycles. The molecule has 1 amide bonds. The van der Waals surface area contributed by atoms with Gasteiger partial charge in [0.2, 0.25) is 0 Å². The number of rotatable bonds is 3. The van der Waals surface area contributed by atoms with Crippen molar-refractivity contribution in [3.63, 3.8) is 0 Å². The van der Waals surface area contributed by atoms with Crippen molar-refractivity contribution in [1.82, 2.24) is 19.7 Å². The number of hydrogen-bond donors (Lipinski definition) is 1. The van der Waals surface area contributed by atoms with Gasteiger partial charge in [0.05, 0.1) is 5.75 Å². The standard InChI is InChI=1S/C11H18N4O3S.Na/c1-11(2,3)8-12-9(19-6-7(16)17)15(13-8)10(18)14(4)5;/h6H2,1-5H3,(H,16,17);/q;+1. The minimum atomic E-state index is -0.964. The number of amides is 1. The summed E-state index contributed by atoms with van der Waals surface area (Å²) in [6, 6.07) is -0.351. The van der Waals surface area contributed by atoms with Crippen LogP contribution in [0.15, 0.2) is 5.16 Å². The summed E-state index contributed by atoms with van der Waals surface area (Å²) >= 11 is 0.980. The van der Waals surface area contributed by atoms with E-state index in [4.69, 9.17) is 5.11 Å². The zero-order chi connectivity index (χ0) is 14.8. The summed E-state index contributed by atoms with van der Waals surface area (Å²) in [5.41, 5.74) is -0.309. The quantitative estimate of drug-likeness (QED) is 0.528. The van der Waals surface area contributed by atoms with Crippen molar-refractivity contribution in [3.05, 3.63) is 5.82 Å². The van der Waals surface area contributed by atoms with Gasteiger partial charge in [-0.25, -0.2) is 9.78 Å². The van der Waals surface area contributed by atoms with Gasteiger partial charge in [0, 0.05) is 19.5 Å². The van der Waals surface area contributed by atoms with Crippen molar-refractivity contribution >= 4 is 23.8 Å². The fourth-order valence-corrected chi connectivity index (χ4v) is 1.79. The van der Waals surface area contributed by atoms with Gasteiger partial charge in [0.1, 0.15) is 0 Å². The Balaban J connectivity index is 0.00000361.